The first-order valence-electron chi connectivity index (χ1n) is 23.3. The molecular weight excluding hydrogens is 813 g/mol. The van der Waals surface area contributed by atoms with Crippen molar-refractivity contribution >= 4 is 34.1 Å². The largest absolute Gasteiger partial charge is 0.453 e. The molecule has 0 saturated carbocycles. The minimum atomic E-state index is -0.648. The maximum atomic E-state index is 6.82. The lowest BCUT2D eigenvalue weighted by Crippen LogP contribution is -2.37. The number of hydrogen-bond donors (Lipinski definition) is 0. The molecule has 3 heteroatoms. The lowest BCUT2D eigenvalue weighted by molar-refractivity contribution is 0.473. The van der Waals surface area contributed by atoms with Gasteiger partial charge < -0.3 is 14.5 Å². The Morgan fingerprint density at radius 1 is 0.373 bits per heavy atom. The van der Waals surface area contributed by atoms with Gasteiger partial charge in [-0.25, -0.2) is 0 Å². The Hall–Kier alpha value is -8.40. The zero-order valence-corrected chi connectivity index (χ0v) is 37.2. The summed E-state index contributed by atoms with van der Waals surface area (Å²) < 4.78 is 6.82. The van der Waals surface area contributed by atoms with E-state index in [2.05, 4.69) is 254 Å². The molecule has 0 amide bonds. The zero-order chi connectivity index (χ0) is 44.4. The summed E-state index contributed by atoms with van der Waals surface area (Å²) >= 11 is 0. The topological polar surface area (TPSA) is 15.7 Å². The van der Waals surface area contributed by atoms with Gasteiger partial charge in [0.15, 0.2) is 11.5 Å². The van der Waals surface area contributed by atoms with Crippen LogP contribution in [0.4, 0.5) is 34.1 Å². The molecule has 4 aliphatic rings. The third-order valence-electron chi connectivity index (χ3n) is 15.0. The summed E-state index contributed by atoms with van der Waals surface area (Å²) in [5.74, 6) is 1.72. The Morgan fingerprint density at radius 3 is 1.70 bits per heavy atom. The average Bonchev–Trinajstić information content (AvgIpc) is 3.81. The molecule has 1 unspecified atom stereocenters. The van der Waals surface area contributed by atoms with Crippen LogP contribution in [-0.4, -0.2) is 0 Å². The van der Waals surface area contributed by atoms with Crippen molar-refractivity contribution in [3.05, 3.63) is 264 Å². The third-order valence-corrected chi connectivity index (χ3v) is 15.0. The van der Waals surface area contributed by atoms with E-state index in [-0.39, 0.29) is 5.41 Å². The van der Waals surface area contributed by atoms with Crippen molar-refractivity contribution in [3.8, 4) is 56.0 Å². The lowest BCUT2D eigenvalue weighted by Gasteiger charge is -2.47. The Morgan fingerprint density at radius 2 is 0.940 bits per heavy atom. The molecule has 0 bridgehead atoms. The summed E-state index contributed by atoms with van der Waals surface area (Å²) in [5, 5.41) is 0. The molecule has 2 heterocycles. The molecule has 3 nitrogen and oxygen atoms in total. The highest BCUT2D eigenvalue weighted by atomic mass is 16.5. The molecule has 67 heavy (non-hydrogen) atoms. The number of fused-ring (bicyclic) bond motifs is 14. The van der Waals surface area contributed by atoms with Gasteiger partial charge in [0.2, 0.25) is 0 Å². The number of benzene rings is 10. The molecule has 1 spiro atoms. The SMILES string of the molecule is CC1(C)c2ccccc2-c2ccc(N(c3cc(-c4ccccc4)cc(-c4ccccc4)c3)c3cccc4c3-c3ccccc3C43c4ccccc4N4c5ccccc5Oc5cccc3c54)cc21. The van der Waals surface area contributed by atoms with E-state index in [0.717, 1.165) is 56.8 Å². The van der Waals surface area contributed by atoms with Crippen molar-refractivity contribution in [2.75, 3.05) is 9.80 Å². The van der Waals surface area contributed by atoms with Gasteiger partial charge in [0.05, 0.1) is 28.2 Å². The number of hydrogen-bond acceptors (Lipinski definition) is 3. The molecule has 14 rings (SSSR count). The smallest absolute Gasteiger partial charge is 0.151 e. The van der Waals surface area contributed by atoms with Gasteiger partial charge in [-0.15, -0.1) is 0 Å². The summed E-state index contributed by atoms with van der Waals surface area (Å²) in [6.45, 7) is 4.75. The van der Waals surface area contributed by atoms with Crippen molar-refractivity contribution in [1.82, 2.24) is 0 Å². The van der Waals surface area contributed by atoms with Crippen LogP contribution in [0, 0.1) is 0 Å². The molecule has 10 aromatic carbocycles. The fraction of sp³-hybridized carbons (Fsp3) is 0.0625. The summed E-state index contributed by atoms with van der Waals surface area (Å²) in [7, 11) is 0. The van der Waals surface area contributed by atoms with Crippen LogP contribution in [-0.2, 0) is 10.8 Å². The fourth-order valence-corrected chi connectivity index (χ4v) is 12.2. The summed E-state index contributed by atoms with van der Waals surface area (Å²) in [6, 6.07) is 85.1. The number of nitrogens with zero attached hydrogens (tertiary/aromatic N) is 2. The van der Waals surface area contributed by atoms with Crippen LogP contribution in [0.15, 0.2) is 231 Å². The molecule has 10 aromatic rings. The van der Waals surface area contributed by atoms with Crippen LogP contribution in [0.3, 0.4) is 0 Å². The highest BCUT2D eigenvalue weighted by Gasteiger charge is 2.54. The van der Waals surface area contributed by atoms with Crippen molar-refractivity contribution in [1.29, 1.82) is 0 Å². The lowest BCUT2D eigenvalue weighted by atomic mass is 9.64. The number of rotatable bonds is 5. The summed E-state index contributed by atoms with van der Waals surface area (Å²) in [5.41, 5.74) is 23.3. The van der Waals surface area contributed by atoms with Gasteiger partial charge >= 0.3 is 0 Å². The minimum Gasteiger partial charge on any atom is -0.453 e. The third kappa shape index (κ3) is 5.23. The van der Waals surface area contributed by atoms with Gasteiger partial charge in [-0.2, -0.15) is 0 Å². The van der Waals surface area contributed by atoms with E-state index in [9.17, 15) is 0 Å². The van der Waals surface area contributed by atoms with Gasteiger partial charge in [-0.05, 0) is 133 Å². The van der Waals surface area contributed by atoms with E-state index >= 15 is 0 Å². The van der Waals surface area contributed by atoms with E-state index in [0.29, 0.717) is 0 Å². The highest BCUT2D eigenvalue weighted by Crippen LogP contribution is 2.68. The quantitative estimate of drug-likeness (QED) is 0.171. The first kappa shape index (κ1) is 37.9. The van der Waals surface area contributed by atoms with Crippen LogP contribution in [0.2, 0.25) is 0 Å². The van der Waals surface area contributed by atoms with E-state index < -0.39 is 5.41 Å². The Bertz CT molecular complexity index is 3610. The second kappa shape index (κ2) is 14.1. The van der Waals surface area contributed by atoms with E-state index in [1.165, 1.54) is 66.8 Å². The number of para-hydroxylation sites is 4. The highest BCUT2D eigenvalue weighted by molar-refractivity contribution is 6.03. The fourth-order valence-electron chi connectivity index (χ4n) is 12.2. The Kier molecular flexibility index (Phi) is 7.95. The van der Waals surface area contributed by atoms with Gasteiger partial charge in [0, 0.05) is 22.4 Å². The van der Waals surface area contributed by atoms with E-state index in [1.807, 2.05) is 0 Å². The molecule has 0 aromatic heterocycles. The van der Waals surface area contributed by atoms with Crippen LogP contribution >= 0.6 is 0 Å². The second-order valence-corrected chi connectivity index (χ2v) is 18.8. The average molecular weight is 857 g/mol. The predicted octanol–water partition coefficient (Wildman–Crippen LogP) is 17.0. The molecular formula is C64H44N2O. The van der Waals surface area contributed by atoms with Gasteiger partial charge in [0.1, 0.15) is 0 Å². The van der Waals surface area contributed by atoms with Gasteiger partial charge in [-0.1, -0.05) is 184 Å². The maximum absolute atomic E-state index is 6.82. The maximum Gasteiger partial charge on any atom is 0.151 e. The van der Waals surface area contributed by atoms with E-state index in [4.69, 9.17) is 4.74 Å². The Labute approximate surface area is 391 Å². The van der Waals surface area contributed by atoms with Crippen LogP contribution < -0.4 is 14.5 Å². The normalized spacial score (nSPS) is 15.9. The van der Waals surface area contributed by atoms with Crippen molar-refractivity contribution in [2.45, 2.75) is 24.7 Å². The van der Waals surface area contributed by atoms with Gasteiger partial charge in [0.25, 0.3) is 0 Å². The molecule has 2 aliphatic heterocycles. The molecule has 0 saturated heterocycles. The summed E-state index contributed by atoms with van der Waals surface area (Å²) in [4.78, 5) is 4.99. The van der Waals surface area contributed by atoms with Crippen molar-refractivity contribution in [3.63, 3.8) is 0 Å². The van der Waals surface area contributed by atoms with Crippen molar-refractivity contribution in [2.24, 2.45) is 0 Å². The molecule has 2 aliphatic carbocycles. The monoisotopic (exact) mass is 856 g/mol. The number of ether oxygens (including phenoxy) is 1. The molecule has 0 fully saturated rings. The zero-order valence-electron chi connectivity index (χ0n) is 37.2. The first-order valence-corrected chi connectivity index (χ1v) is 23.3. The van der Waals surface area contributed by atoms with E-state index in [1.54, 1.807) is 0 Å². The van der Waals surface area contributed by atoms with Crippen LogP contribution in [0.5, 0.6) is 11.5 Å². The first-order chi connectivity index (χ1) is 33.0. The minimum absolute atomic E-state index is 0.186. The predicted molar refractivity (Wildman–Crippen MR) is 275 cm³/mol. The second-order valence-electron chi connectivity index (χ2n) is 18.8. The molecule has 0 radical (unpaired) electrons. The molecule has 0 N–H and O–H groups in total. The molecule has 316 valence electrons. The van der Waals surface area contributed by atoms with Crippen LogP contribution in [0.1, 0.15) is 47.2 Å². The standard InChI is InChI=1S/C64H44N2O/c1-63(2)50-25-11-9-23-47(50)48-36-35-45(40-55(48)63)65(46-38-43(41-19-5-3-6-20-41)37-44(39-46)42-21-7-4-8-22-42)58-32-17-28-53-61(58)49-24-10-12-26-51(49)64(53)52-27-13-14-30-56(52)66-57-31-15-16-33-59(57)67-60-34-18-29-54(64)62(60)66/h3-40H,1-2H3. The van der Waals surface area contributed by atoms with Gasteiger partial charge in [-0.3, -0.25) is 0 Å². The molecule has 1 atom stereocenters. The Balaban J connectivity index is 1.08. The van der Waals surface area contributed by atoms with Crippen molar-refractivity contribution < 1.29 is 4.74 Å². The number of anilines is 6. The summed E-state index contributed by atoms with van der Waals surface area (Å²) in [6.07, 6.45) is 0. The van der Waals surface area contributed by atoms with Crippen LogP contribution in [0.25, 0.3) is 44.5 Å².